The van der Waals surface area contributed by atoms with E-state index in [0.29, 0.717) is 0 Å². The maximum absolute atomic E-state index is 2.39. The van der Waals surface area contributed by atoms with Gasteiger partial charge in [0, 0.05) is 0 Å². The first kappa shape index (κ1) is 11.5. The number of unbranched alkanes of at least 4 members (excludes halogenated alkanes) is 1. The van der Waals surface area contributed by atoms with Crippen LogP contribution in [0.3, 0.4) is 0 Å². The standard InChI is InChI=1S/C13H21Si/c1-5-6-7-12-9-8-11(2)10-13(12)14(3)4/h8-10H,5-7H2,1-4H3. The summed E-state index contributed by atoms with van der Waals surface area (Å²) in [6.45, 7) is 9.22. The summed E-state index contributed by atoms with van der Waals surface area (Å²) in [6.07, 6.45) is 3.88. The number of rotatable bonds is 4. The van der Waals surface area contributed by atoms with E-state index in [4.69, 9.17) is 0 Å². The topological polar surface area (TPSA) is 0 Å². The first-order chi connectivity index (χ1) is 6.65. The molecule has 0 fully saturated rings. The van der Waals surface area contributed by atoms with Crippen molar-refractivity contribution in [2.75, 3.05) is 0 Å². The van der Waals surface area contributed by atoms with Gasteiger partial charge < -0.3 is 0 Å². The fourth-order valence-corrected chi connectivity index (χ4v) is 3.11. The molecule has 77 valence electrons. The van der Waals surface area contributed by atoms with Crippen LogP contribution < -0.4 is 5.19 Å². The van der Waals surface area contributed by atoms with Crippen molar-refractivity contribution in [2.24, 2.45) is 0 Å². The zero-order chi connectivity index (χ0) is 10.6. The number of aryl methyl sites for hydroxylation is 2. The van der Waals surface area contributed by atoms with Crippen molar-refractivity contribution in [3.8, 4) is 0 Å². The van der Waals surface area contributed by atoms with Gasteiger partial charge in [0.2, 0.25) is 0 Å². The fourth-order valence-electron chi connectivity index (χ4n) is 1.74. The predicted molar refractivity (Wildman–Crippen MR) is 66.9 cm³/mol. The molecule has 14 heavy (non-hydrogen) atoms. The van der Waals surface area contributed by atoms with Gasteiger partial charge in [-0.05, 0) is 25.3 Å². The van der Waals surface area contributed by atoms with Crippen LogP contribution in [0.1, 0.15) is 30.9 Å². The minimum absolute atomic E-state index is 0.294. The molecule has 0 heterocycles. The minimum Gasteiger partial charge on any atom is -0.0671 e. The molecular weight excluding hydrogens is 184 g/mol. The van der Waals surface area contributed by atoms with Gasteiger partial charge in [0.05, 0.1) is 8.80 Å². The number of hydrogen-bond acceptors (Lipinski definition) is 0. The van der Waals surface area contributed by atoms with E-state index in [9.17, 15) is 0 Å². The Bertz CT molecular complexity index is 289. The van der Waals surface area contributed by atoms with E-state index in [1.54, 1.807) is 10.8 Å². The van der Waals surface area contributed by atoms with Gasteiger partial charge in [-0.2, -0.15) is 0 Å². The van der Waals surface area contributed by atoms with E-state index in [2.05, 4.69) is 45.1 Å². The Hall–Kier alpha value is -0.563. The molecule has 0 saturated heterocycles. The van der Waals surface area contributed by atoms with Crippen molar-refractivity contribution in [1.29, 1.82) is 0 Å². The molecule has 0 spiro atoms. The molecule has 1 heteroatoms. The molecule has 0 aliphatic carbocycles. The maximum atomic E-state index is 2.39. The van der Waals surface area contributed by atoms with Crippen LogP contribution in [0.5, 0.6) is 0 Å². The van der Waals surface area contributed by atoms with Crippen molar-refractivity contribution in [3.05, 3.63) is 29.3 Å². The maximum Gasteiger partial charge on any atom is 0.0795 e. The van der Waals surface area contributed by atoms with E-state index < -0.39 is 0 Å². The molecule has 0 aliphatic heterocycles. The van der Waals surface area contributed by atoms with E-state index >= 15 is 0 Å². The summed E-state index contributed by atoms with van der Waals surface area (Å²) in [5, 5.41) is 1.64. The summed E-state index contributed by atoms with van der Waals surface area (Å²) in [7, 11) is -0.294. The van der Waals surface area contributed by atoms with Gasteiger partial charge in [-0.15, -0.1) is 0 Å². The minimum atomic E-state index is -0.294. The van der Waals surface area contributed by atoms with E-state index in [1.807, 2.05) is 0 Å². The summed E-state index contributed by atoms with van der Waals surface area (Å²) < 4.78 is 0. The Morgan fingerprint density at radius 2 is 1.93 bits per heavy atom. The van der Waals surface area contributed by atoms with Crippen LogP contribution in [-0.2, 0) is 6.42 Å². The highest BCUT2D eigenvalue weighted by molar-refractivity contribution is 6.71. The lowest BCUT2D eigenvalue weighted by molar-refractivity contribution is 0.797. The molecule has 0 aromatic heterocycles. The zero-order valence-corrected chi connectivity index (χ0v) is 10.9. The molecule has 1 radical (unpaired) electrons. The predicted octanol–water partition coefficient (Wildman–Crippen LogP) is 3.30. The van der Waals surface area contributed by atoms with Crippen molar-refractivity contribution in [2.45, 2.75) is 46.2 Å². The van der Waals surface area contributed by atoms with Crippen LogP contribution in [0.15, 0.2) is 18.2 Å². The Morgan fingerprint density at radius 1 is 1.21 bits per heavy atom. The molecule has 0 bridgehead atoms. The van der Waals surface area contributed by atoms with Gasteiger partial charge in [-0.1, -0.05) is 55.4 Å². The van der Waals surface area contributed by atoms with E-state index in [1.165, 1.54) is 24.8 Å². The second kappa shape index (κ2) is 5.35. The second-order valence-corrected chi connectivity index (χ2v) is 6.80. The Balaban J connectivity index is 2.90. The summed E-state index contributed by atoms with van der Waals surface area (Å²) in [5.74, 6) is 0. The summed E-state index contributed by atoms with van der Waals surface area (Å²) in [4.78, 5) is 0. The second-order valence-electron chi connectivity index (χ2n) is 4.26. The van der Waals surface area contributed by atoms with Crippen molar-refractivity contribution in [3.63, 3.8) is 0 Å². The van der Waals surface area contributed by atoms with E-state index in [0.717, 1.165) is 0 Å². The van der Waals surface area contributed by atoms with Crippen LogP contribution in [0.4, 0.5) is 0 Å². The summed E-state index contributed by atoms with van der Waals surface area (Å²) in [5.41, 5.74) is 3.00. The SMILES string of the molecule is CCCCc1ccc(C)cc1[Si](C)C. The van der Waals surface area contributed by atoms with Crippen molar-refractivity contribution in [1.82, 2.24) is 0 Å². The summed E-state index contributed by atoms with van der Waals surface area (Å²) in [6, 6.07) is 6.97. The lowest BCUT2D eigenvalue weighted by Gasteiger charge is -2.12. The third-order valence-electron chi connectivity index (χ3n) is 2.60. The summed E-state index contributed by atoms with van der Waals surface area (Å²) >= 11 is 0. The van der Waals surface area contributed by atoms with Crippen molar-refractivity contribution >= 4 is 14.0 Å². The van der Waals surface area contributed by atoms with E-state index in [-0.39, 0.29) is 8.80 Å². The molecule has 0 amide bonds. The largest absolute Gasteiger partial charge is 0.0795 e. The molecule has 0 atom stereocenters. The lowest BCUT2D eigenvalue weighted by atomic mass is 10.1. The third kappa shape index (κ3) is 2.98. The quantitative estimate of drug-likeness (QED) is 0.662. The number of hydrogen-bond donors (Lipinski definition) is 0. The van der Waals surface area contributed by atoms with Gasteiger partial charge >= 0.3 is 0 Å². The highest BCUT2D eigenvalue weighted by Crippen LogP contribution is 2.06. The fraction of sp³-hybridized carbons (Fsp3) is 0.538. The van der Waals surface area contributed by atoms with Crippen molar-refractivity contribution < 1.29 is 0 Å². The molecule has 1 aromatic carbocycles. The first-order valence-corrected chi connectivity index (χ1v) is 8.05. The highest BCUT2D eigenvalue weighted by Gasteiger charge is 2.07. The Labute approximate surface area is 90.0 Å². The number of benzene rings is 1. The Kier molecular flexibility index (Phi) is 4.40. The molecular formula is C13H21Si. The van der Waals surface area contributed by atoms with Crippen LogP contribution in [-0.4, -0.2) is 8.80 Å². The van der Waals surface area contributed by atoms with Gasteiger partial charge in [-0.25, -0.2) is 0 Å². The molecule has 1 aromatic rings. The van der Waals surface area contributed by atoms with Gasteiger partial charge in [0.25, 0.3) is 0 Å². The lowest BCUT2D eigenvalue weighted by Crippen LogP contribution is -2.27. The highest BCUT2D eigenvalue weighted by atomic mass is 28.3. The van der Waals surface area contributed by atoms with Crippen LogP contribution in [0.2, 0.25) is 13.1 Å². The average molecular weight is 205 g/mol. The smallest absolute Gasteiger partial charge is 0.0671 e. The van der Waals surface area contributed by atoms with Crippen LogP contribution in [0, 0.1) is 6.92 Å². The monoisotopic (exact) mass is 205 g/mol. The molecule has 0 saturated carbocycles. The molecule has 0 nitrogen and oxygen atoms in total. The van der Waals surface area contributed by atoms with Crippen LogP contribution >= 0.6 is 0 Å². The average Bonchev–Trinajstić information content (AvgIpc) is 2.15. The molecule has 0 unspecified atom stereocenters. The van der Waals surface area contributed by atoms with Gasteiger partial charge in [0.15, 0.2) is 0 Å². The molecule has 0 N–H and O–H groups in total. The van der Waals surface area contributed by atoms with Gasteiger partial charge in [0.1, 0.15) is 0 Å². The first-order valence-electron chi connectivity index (χ1n) is 5.55. The Morgan fingerprint density at radius 3 is 2.50 bits per heavy atom. The molecule has 1 rings (SSSR count). The third-order valence-corrected chi connectivity index (χ3v) is 4.15. The normalized spacial score (nSPS) is 10.9. The van der Waals surface area contributed by atoms with Crippen LogP contribution in [0.25, 0.3) is 0 Å². The zero-order valence-electron chi connectivity index (χ0n) is 9.85. The van der Waals surface area contributed by atoms with Gasteiger partial charge in [-0.3, -0.25) is 0 Å². The molecule has 0 aliphatic rings.